The van der Waals surface area contributed by atoms with Crippen LogP contribution in [0.1, 0.15) is 21.7 Å². The summed E-state index contributed by atoms with van der Waals surface area (Å²) in [5.74, 6) is 0.106. The maximum absolute atomic E-state index is 12.5. The van der Waals surface area contributed by atoms with Crippen LogP contribution in [0.2, 0.25) is 10.0 Å². The van der Waals surface area contributed by atoms with Crippen molar-refractivity contribution in [3.63, 3.8) is 0 Å². The Bertz CT molecular complexity index is 1220. The van der Waals surface area contributed by atoms with Crippen LogP contribution in [0.25, 0.3) is 10.1 Å². The molecule has 1 atom stereocenters. The summed E-state index contributed by atoms with van der Waals surface area (Å²) in [6.45, 7) is 0. The maximum atomic E-state index is 12.5. The molecule has 9 heteroatoms. The highest BCUT2D eigenvalue weighted by Crippen LogP contribution is 2.39. The molecule has 0 bridgehead atoms. The van der Waals surface area contributed by atoms with E-state index in [4.69, 9.17) is 27.9 Å². The molecule has 2 heterocycles. The summed E-state index contributed by atoms with van der Waals surface area (Å²) in [6, 6.07) is 12.0. The van der Waals surface area contributed by atoms with Gasteiger partial charge in [-0.3, -0.25) is 4.99 Å². The van der Waals surface area contributed by atoms with Crippen molar-refractivity contribution in [3.8, 4) is 5.75 Å². The first-order valence-corrected chi connectivity index (χ1v) is 12.1. The lowest BCUT2D eigenvalue weighted by Gasteiger charge is -2.04. The Morgan fingerprint density at radius 3 is 2.59 bits per heavy atom. The standard InChI is InChI=1S/C20H15Cl2NO4S2/c21-15-2-1-3-16-17(15)18(22)19(28-16)20(24)27-14-6-4-12(5-7-14)10-23-13-8-9-29(25,26)11-13/h1-7,10,13H,8-9,11H2/t13-/m0/s1. The van der Waals surface area contributed by atoms with Gasteiger partial charge in [-0.05, 0) is 48.4 Å². The number of carbonyl (C=O) groups excluding carboxylic acids is 1. The highest BCUT2D eigenvalue weighted by molar-refractivity contribution is 7.91. The van der Waals surface area contributed by atoms with E-state index < -0.39 is 15.8 Å². The molecular formula is C20H15Cl2NO4S2. The number of ether oxygens (including phenoxy) is 1. The van der Waals surface area contributed by atoms with Gasteiger partial charge in [0.15, 0.2) is 9.84 Å². The zero-order valence-electron chi connectivity index (χ0n) is 15.0. The van der Waals surface area contributed by atoms with E-state index in [1.54, 1.807) is 42.6 Å². The molecule has 1 saturated heterocycles. The molecule has 150 valence electrons. The monoisotopic (exact) mass is 467 g/mol. The fourth-order valence-electron chi connectivity index (χ4n) is 3.06. The molecule has 0 spiro atoms. The van der Waals surface area contributed by atoms with Gasteiger partial charge in [-0.1, -0.05) is 29.3 Å². The molecule has 2 aromatic carbocycles. The van der Waals surface area contributed by atoms with Crippen LogP contribution in [0.3, 0.4) is 0 Å². The molecule has 1 aliphatic heterocycles. The number of rotatable bonds is 4. The molecule has 0 unspecified atom stereocenters. The van der Waals surface area contributed by atoms with E-state index in [1.807, 2.05) is 6.07 Å². The van der Waals surface area contributed by atoms with E-state index >= 15 is 0 Å². The van der Waals surface area contributed by atoms with Crippen LogP contribution >= 0.6 is 34.5 Å². The molecule has 1 aromatic heterocycles. The summed E-state index contributed by atoms with van der Waals surface area (Å²) in [5.41, 5.74) is 0.792. The van der Waals surface area contributed by atoms with E-state index in [0.717, 1.165) is 10.3 Å². The molecule has 1 fully saturated rings. The van der Waals surface area contributed by atoms with Gasteiger partial charge in [0.2, 0.25) is 0 Å². The minimum atomic E-state index is -2.95. The van der Waals surface area contributed by atoms with Gasteiger partial charge in [0, 0.05) is 16.3 Å². The Hall–Kier alpha value is -1.93. The summed E-state index contributed by atoms with van der Waals surface area (Å²) in [6.07, 6.45) is 2.19. The van der Waals surface area contributed by atoms with Gasteiger partial charge >= 0.3 is 5.97 Å². The number of benzene rings is 2. The predicted octanol–water partition coefficient (Wildman–Crippen LogP) is 5.03. The van der Waals surface area contributed by atoms with Crippen molar-refractivity contribution in [2.75, 3.05) is 11.5 Å². The average molecular weight is 468 g/mol. The summed E-state index contributed by atoms with van der Waals surface area (Å²) >= 11 is 13.7. The number of nitrogens with zero attached hydrogens (tertiary/aromatic N) is 1. The molecule has 29 heavy (non-hydrogen) atoms. The molecule has 1 aliphatic rings. The second-order valence-electron chi connectivity index (χ2n) is 6.65. The Balaban J connectivity index is 1.46. The Morgan fingerprint density at radius 2 is 1.93 bits per heavy atom. The molecule has 4 rings (SSSR count). The van der Waals surface area contributed by atoms with Crippen molar-refractivity contribution in [2.24, 2.45) is 4.99 Å². The number of hydrogen-bond acceptors (Lipinski definition) is 6. The maximum Gasteiger partial charge on any atom is 0.355 e. The van der Waals surface area contributed by atoms with Gasteiger partial charge in [0.1, 0.15) is 10.6 Å². The minimum Gasteiger partial charge on any atom is -0.422 e. The van der Waals surface area contributed by atoms with Gasteiger partial charge < -0.3 is 4.74 Å². The van der Waals surface area contributed by atoms with Crippen LogP contribution in [-0.2, 0) is 9.84 Å². The highest BCUT2D eigenvalue weighted by atomic mass is 35.5. The number of halogens is 2. The Labute approximate surface area is 181 Å². The lowest BCUT2D eigenvalue weighted by atomic mass is 10.2. The third-order valence-corrected chi connectivity index (χ3v) is 8.22. The fourth-order valence-corrected chi connectivity index (χ4v) is 6.52. The number of carbonyl (C=O) groups is 1. The van der Waals surface area contributed by atoms with Gasteiger partial charge in [-0.15, -0.1) is 11.3 Å². The van der Waals surface area contributed by atoms with E-state index in [0.29, 0.717) is 27.5 Å². The normalized spacial score (nSPS) is 18.5. The smallest absolute Gasteiger partial charge is 0.355 e. The van der Waals surface area contributed by atoms with E-state index in [2.05, 4.69) is 4.99 Å². The lowest BCUT2D eigenvalue weighted by molar-refractivity contribution is 0.0740. The first-order valence-electron chi connectivity index (χ1n) is 8.75. The number of esters is 1. The molecular weight excluding hydrogens is 453 g/mol. The topological polar surface area (TPSA) is 72.8 Å². The van der Waals surface area contributed by atoms with Crippen LogP contribution in [-0.4, -0.2) is 38.1 Å². The molecule has 0 aliphatic carbocycles. The van der Waals surface area contributed by atoms with Crippen molar-refractivity contribution in [3.05, 3.63) is 63.0 Å². The molecule has 0 radical (unpaired) electrons. The van der Waals surface area contributed by atoms with Crippen molar-refractivity contribution in [2.45, 2.75) is 12.5 Å². The number of sulfone groups is 1. The number of thiophene rings is 1. The van der Waals surface area contributed by atoms with Crippen LogP contribution in [0, 0.1) is 0 Å². The third kappa shape index (κ3) is 4.48. The lowest BCUT2D eigenvalue weighted by Crippen LogP contribution is -2.08. The molecule has 5 nitrogen and oxygen atoms in total. The molecule has 0 amide bonds. The zero-order valence-corrected chi connectivity index (χ0v) is 18.1. The van der Waals surface area contributed by atoms with E-state index in [1.165, 1.54) is 11.3 Å². The largest absolute Gasteiger partial charge is 0.422 e. The highest BCUT2D eigenvalue weighted by Gasteiger charge is 2.26. The van der Waals surface area contributed by atoms with Gasteiger partial charge in [0.05, 0.1) is 27.6 Å². The number of aliphatic imine (C=N–C) groups is 1. The van der Waals surface area contributed by atoms with Crippen molar-refractivity contribution in [1.29, 1.82) is 0 Å². The van der Waals surface area contributed by atoms with Crippen molar-refractivity contribution in [1.82, 2.24) is 0 Å². The zero-order chi connectivity index (χ0) is 20.6. The Kier molecular flexibility index (Phi) is 5.66. The van der Waals surface area contributed by atoms with Crippen LogP contribution in [0.4, 0.5) is 0 Å². The first kappa shape index (κ1) is 20.3. The molecule has 0 N–H and O–H groups in total. The number of fused-ring (bicyclic) bond motifs is 1. The second kappa shape index (κ2) is 8.07. The first-order chi connectivity index (χ1) is 13.8. The summed E-state index contributed by atoms with van der Waals surface area (Å²) in [4.78, 5) is 17.2. The van der Waals surface area contributed by atoms with Gasteiger partial charge in [-0.25, -0.2) is 13.2 Å². The van der Waals surface area contributed by atoms with Gasteiger partial charge in [-0.2, -0.15) is 0 Å². The molecule has 0 saturated carbocycles. The SMILES string of the molecule is O=C(Oc1ccc(C=N[C@H]2CCS(=O)(=O)C2)cc1)c1sc2cccc(Cl)c2c1Cl. The summed E-state index contributed by atoms with van der Waals surface area (Å²) in [7, 11) is -2.95. The van der Waals surface area contributed by atoms with Crippen molar-refractivity contribution < 1.29 is 17.9 Å². The van der Waals surface area contributed by atoms with Crippen LogP contribution in [0.5, 0.6) is 5.75 Å². The predicted molar refractivity (Wildman–Crippen MR) is 118 cm³/mol. The third-order valence-electron chi connectivity index (χ3n) is 4.53. The number of hydrogen-bond donors (Lipinski definition) is 0. The van der Waals surface area contributed by atoms with Crippen LogP contribution in [0.15, 0.2) is 47.5 Å². The van der Waals surface area contributed by atoms with E-state index in [-0.39, 0.29) is 22.6 Å². The Morgan fingerprint density at radius 1 is 1.17 bits per heavy atom. The fraction of sp³-hybridized carbons (Fsp3) is 0.200. The average Bonchev–Trinajstić information content (AvgIpc) is 3.21. The van der Waals surface area contributed by atoms with Crippen molar-refractivity contribution >= 4 is 66.6 Å². The summed E-state index contributed by atoms with van der Waals surface area (Å²) < 4.78 is 29.2. The van der Waals surface area contributed by atoms with Gasteiger partial charge in [0.25, 0.3) is 0 Å². The minimum absolute atomic E-state index is 0.0964. The summed E-state index contributed by atoms with van der Waals surface area (Å²) in [5, 5.41) is 1.42. The quantitative estimate of drug-likeness (QED) is 0.306. The van der Waals surface area contributed by atoms with E-state index in [9.17, 15) is 13.2 Å². The van der Waals surface area contributed by atoms with Crippen LogP contribution < -0.4 is 4.74 Å². The molecule has 3 aromatic rings. The second-order valence-corrected chi connectivity index (χ2v) is 10.7.